The van der Waals surface area contributed by atoms with E-state index in [-0.39, 0.29) is 11.5 Å². The summed E-state index contributed by atoms with van der Waals surface area (Å²) in [5.74, 6) is 2.32. The van der Waals surface area contributed by atoms with E-state index in [4.69, 9.17) is 14.2 Å². The van der Waals surface area contributed by atoms with Crippen LogP contribution in [-0.2, 0) is 17.7 Å². The first kappa shape index (κ1) is 21.0. The highest BCUT2D eigenvalue weighted by atomic mass is 16.5. The molecule has 0 spiro atoms. The van der Waals surface area contributed by atoms with E-state index in [1.54, 1.807) is 14.2 Å². The molecule has 162 valence electrons. The second-order valence-corrected chi connectivity index (χ2v) is 10.0. The monoisotopic (exact) mass is 403 g/mol. The summed E-state index contributed by atoms with van der Waals surface area (Å²) < 4.78 is 17.2. The molecule has 0 saturated heterocycles. The van der Waals surface area contributed by atoms with Crippen molar-refractivity contribution in [1.29, 1.82) is 0 Å². The number of β-amino-alcohol motifs (C(OH)–C–C–N with tert-alkyl or cyclic N) is 1. The van der Waals surface area contributed by atoms with Gasteiger partial charge in [-0.1, -0.05) is 20.8 Å². The van der Waals surface area contributed by atoms with Gasteiger partial charge < -0.3 is 19.3 Å². The maximum Gasteiger partial charge on any atom is 0.161 e. The van der Waals surface area contributed by atoms with Gasteiger partial charge in [0.15, 0.2) is 11.5 Å². The van der Waals surface area contributed by atoms with Gasteiger partial charge in [-0.25, -0.2) is 0 Å². The van der Waals surface area contributed by atoms with Crippen molar-refractivity contribution in [2.75, 3.05) is 33.9 Å². The average molecular weight is 404 g/mol. The number of hydrogen-bond acceptors (Lipinski definition) is 5. The molecule has 1 heterocycles. The van der Waals surface area contributed by atoms with Gasteiger partial charge in [0.1, 0.15) is 0 Å². The lowest BCUT2D eigenvalue weighted by atomic mass is 9.70. The third kappa shape index (κ3) is 3.55. The first-order valence-electron chi connectivity index (χ1n) is 11.0. The maximum atomic E-state index is 10.7. The number of methoxy groups -OCH3 is 2. The van der Waals surface area contributed by atoms with Crippen molar-refractivity contribution < 1.29 is 19.3 Å². The molecule has 1 N–H and O–H groups in total. The number of ether oxygens (including phenoxy) is 3. The maximum absolute atomic E-state index is 10.7. The van der Waals surface area contributed by atoms with Crippen LogP contribution in [-0.4, -0.2) is 56.1 Å². The van der Waals surface area contributed by atoms with Gasteiger partial charge >= 0.3 is 0 Å². The van der Waals surface area contributed by atoms with Gasteiger partial charge in [0.2, 0.25) is 0 Å². The fraction of sp³-hybridized carbons (Fsp3) is 0.750. The SMILES string of the molecule is COc1cc2c(cc1OC)CN(C[C@@H](O)CO[C@@H]1C[C@H]3CC[C@]1(C)C3(C)C)CC2. The molecule has 1 aromatic carbocycles. The Morgan fingerprint density at radius 3 is 2.41 bits per heavy atom. The van der Waals surface area contributed by atoms with Crippen LogP contribution >= 0.6 is 0 Å². The fourth-order valence-corrected chi connectivity index (χ4v) is 6.06. The van der Waals surface area contributed by atoms with Crippen LogP contribution < -0.4 is 9.47 Å². The molecule has 0 radical (unpaired) electrons. The quantitative estimate of drug-likeness (QED) is 0.753. The van der Waals surface area contributed by atoms with Gasteiger partial charge in [0.25, 0.3) is 0 Å². The smallest absolute Gasteiger partial charge is 0.161 e. The van der Waals surface area contributed by atoms with Crippen LogP contribution in [0.3, 0.4) is 0 Å². The van der Waals surface area contributed by atoms with E-state index in [0.717, 1.165) is 43.3 Å². The van der Waals surface area contributed by atoms with E-state index in [0.29, 0.717) is 18.6 Å². The molecule has 29 heavy (non-hydrogen) atoms. The van der Waals surface area contributed by atoms with Gasteiger partial charge in [-0.05, 0) is 65.7 Å². The van der Waals surface area contributed by atoms with Crippen molar-refractivity contribution in [3.8, 4) is 11.5 Å². The van der Waals surface area contributed by atoms with Crippen molar-refractivity contribution in [3.63, 3.8) is 0 Å². The van der Waals surface area contributed by atoms with Crippen molar-refractivity contribution in [1.82, 2.24) is 4.90 Å². The molecule has 2 aliphatic carbocycles. The van der Waals surface area contributed by atoms with E-state index in [2.05, 4.69) is 37.8 Å². The Bertz CT molecular complexity index is 749. The van der Waals surface area contributed by atoms with Crippen LogP contribution in [0, 0.1) is 16.7 Å². The minimum Gasteiger partial charge on any atom is -0.493 e. The summed E-state index contributed by atoms with van der Waals surface area (Å²) in [4.78, 5) is 2.31. The molecule has 1 aliphatic heterocycles. The Balaban J connectivity index is 1.32. The summed E-state index contributed by atoms with van der Waals surface area (Å²) in [5, 5.41) is 10.7. The summed E-state index contributed by atoms with van der Waals surface area (Å²) in [6, 6.07) is 4.16. The lowest BCUT2D eigenvalue weighted by Crippen LogP contribution is -2.41. The van der Waals surface area contributed by atoms with Crippen molar-refractivity contribution in [3.05, 3.63) is 23.3 Å². The molecular weight excluding hydrogens is 366 g/mol. The molecule has 2 fully saturated rings. The molecule has 0 unspecified atom stereocenters. The third-order valence-electron chi connectivity index (χ3n) is 8.47. The van der Waals surface area contributed by atoms with Gasteiger partial charge in [-0.3, -0.25) is 4.90 Å². The Hall–Kier alpha value is -1.30. The third-order valence-corrected chi connectivity index (χ3v) is 8.47. The highest BCUT2D eigenvalue weighted by Crippen LogP contribution is 2.66. The van der Waals surface area contributed by atoms with E-state index >= 15 is 0 Å². The highest BCUT2D eigenvalue weighted by molar-refractivity contribution is 5.48. The standard InChI is InChI=1S/C24H37NO4/c1-23(2)18-6-8-24(23,3)22(12-18)29-15-19(26)14-25-9-7-16-10-20(27-4)21(28-5)11-17(16)13-25/h10-11,18-19,22,26H,6-9,12-15H2,1-5H3/t18-,19-,22-,24+/m1/s1. The normalized spacial score (nSPS) is 31.5. The largest absolute Gasteiger partial charge is 0.493 e. The highest BCUT2D eigenvalue weighted by Gasteiger charge is 2.61. The predicted molar refractivity (Wildman–Crippen MR) is 114 cm³/mol. The molecule has 2 saturated carbocycles. The van der Waals surface area contributed by atoms with Crippen molar-refractivity contribution >= 4 is 0 Å². The molecule has 2 bridgehead atoms. The minimum atomic E-state index is -0.456. The average Bonchev–Trinajstić information content (AvgIpc) is 3.04. The lowest BCUT2D eigenvalue weighted by molar-refractivity contribution is -0.0798. The molecule has 0 aromatic heterocycles. The molecular formula is C24H37NO4. The fourth-order valence-electron chi connectivity index (χ4n) is 6.06. The lowest BCUT2D eigenvalue weighted by Gasteiger charge is -2.39. The van der Waals surface area contributed by atoms with Crippen LogP contribution in [0.2, 0.25) is 0 Å². The molecule has 1 aromatic rings. The van der Waals surface area contributed by atoms with Gasteiger partial charge in [0, 0.05) is 19.6 Å². The Morgan fingerprint density at radius 2 is 1.83 bits per heavy atom. The topological polar surface area (TPSA) is 51.2 Å². The van der Waals surface area contributed by atoms with Crippen molar-refractivity contribution in [2.24, 2.45) is 16.7 Å². The predicted octanol–water partition coefficient (Wildman–Crippen LogP) is 3.65. The molecule has 3 aliphatic rings. The number of fused-ring (bicyclic) bond motifs is 3. The number of nitrogens with zero attached hydrogens (tertiary/aromatic N) is 1. The molecule has 5 nitrogen and oxygen atoms in total. The molecule has 5 heteroatoms. The number of aliphatic hydroxyl groups excluding tert-OH is 1. The van der Waals surface area contributed by atoms with E-state index < -0.39 is 6.10 Å². The van der Waals surface area contributed by atoms with Gasteiger partial charge in [-0.2, -0.15) is 0 Å². The van der Waals surface area contributed by atoms with E-state index in [1.165, 1.54) is 24.0 Å². The summed E-state index contributed by atoms with van der Waals surface area (Å²) in [6.07, 6.45) is 4.51. The number of rotatable bonds is 7. The zero-order chi connectivity index (χ0) is 20.8. The number of aliphatic hydroxyl groups is 1. The molecule has 4 rings (SSSR count). The van der Waals surface area contributed by atoms with Gasteiger partial charge in [0.05, 0.1) is 33.0 Å². The molecule has 4 atom stereocenters. The zero-order valence-electron chi connectivity index (χ0n) is 18.7. The summed E-state index contributed by atoms with van der Waals surface area (Å²) in [5.41, 5.74) is 3.15. The van der Waals surface area contributed by atoms with Crippen LogP contribution in [0.5, 0.6) is 11.5 Å². The Morgan fingerprint density at radius 1 is 1.14 bits per heavy atom. The summed E-state index contributed by atoms with van der Waals surface area (Å²) >= 11 is 0. The van der Waals surface area contributed by atoms with E-state index in [1.807, 2.05) is 0 Å². The Labute approximate surface area is 175 Å². The van der Waals surface area contributed by atoms with Crippen molar-refractivity contribution in [2.45, 2.75) is 65.2 Å². The summed E-state index contributed by atoms with van der Waals surface area (Å²) in [6.45, 7) is 10.0. The first-order valence-corrected chi connectivity index (χ1v) is 11.0. The second-order valence-electron chi connectivity index (χ2n) is 10.0. The van der Waals surface area contributed by atoms with Crippen LogP contribution in [0.15, 0.2) is 12.1 Å². The minimum absolute atomic E-state index is 0.247. The number of hydrogen-bond donors (Lipinski definition) is 1. The van der Waals surface area contributed by atoms with E-state index in [9.17, 15) is 5.11 Å². The molecule has 0 amide bonds. The number of benzene rings is 1. The second kappa shape index (κ2) is 7.75. The van der Waals surface area contributed by atoms with Crippen LogP contribution in [0.1, 0.15) is 51.2 Å². The van der Waals surface area contributed by atoms with Crippen LogP contribution in [0.25, 0.3) is 0 Å². The zero-order valence-corrected chi connectivity index (χ0v) is 18.7. The Kier molecular flexibility index (Phi) is 5.60. The first-order chi connectivity index (χ1) is 13.8. The van der Waals surface area contributed by atoms with Gasteiger partial charge in [-0.15, -0.1) is 0 Å². The summed E-state index contributed by atoms with van der Waals surface area (Å²) in [7, 11) is 3.34. The van der Waals surface area contributed by atoms with Crippen LogP contribution in [0.4, 0.5) is 0 Å².